The van der Waals surface area contributed by atoms with Gasteiger partial charge in [0.2, 0.25) is 0 Å². The van der Waals surface area contributed by atoms with E-state index in [0.29, 0.717) is 12.3 Å². The average molecular weight is 285 g/mol. The number of carbonyl (C=O) groups is 1. The van der Waals surface area contributed by atoms with E-state index in [4.69, 9.17) is 9.84 Å². The lowest BCUT2D eigenvalue weighted by atomic mass is 10.2. The lowest BCUT2D eigenvalue weighted by molar-refractivity contribution is -0.135. The fourth-order valence-electron chi connectivity index (χ4n) is 2.14. The van der Waals surface area contributed by atoms with Crippen LogP contribution in [0, 0.1) is 0 Å². The summed E-state index contributed by atoms with van der Waals surface area (Å²) in [5.74, 6) is 0.549. The van der Waals surface area contributed by atoms with Crippen molar-refractivity contribution >= 4 is 11.7 Å². The fraction of sp³-hybridized carbons (Fsp3) is 0.235. The van der Waals surface area contributed by atoms with Crippen LogP contribution in [-0.4, -0.2) is 24.2 Å². The summed E-state index contributed by atoms with van der Waals surface area (Å²) in [5.41, 5.74) is 0.797. The van der Waals surface area contributed by atoms with Gasteiger partial charge in [0, 0.05) is 6.54 Å². The van der Waals surface area contributed by atoms with Crippen molar-refractivity contribution in [2.45, 2.75) is 13.3 Å². The van der Waals surface area contributed by atoms with Crippen molar-refractivity contribution in [3.63, 3.8) is 0 Å². The maximum Gasteiger partial charge on any atom is 0.323 e. The molecule has 1 N–H and O–H groups in total. The zero-order valence-corrected chi connectivity index (χ0v) is 12.0. The Balaban J connectivity index is 2.28. The number of carboxylic acids is 1. The Labute approximate surface area is 124 Å². The van der Waals surface area contributed by atoms with Gasteiger partial charge in [-0.2, -0.15) is 0 Å². The Morgan fingerprint density at radius 1 is 1.10 bits per heavy atom. The zero-order chi connectivity index (χ0) is 15.1. The summed E-state index contributed by atoms with van der Waals surface area (Å²) in [6, 6.07) is 17.0. The smallest absolute Gasteiger partial charge is 0.323 e. The molecular formula is C17H19NO3. The molecule has 0 saturated heterocycles. The van der Waals surface area contributed by atoms with E-state index in [9.17, 15) is 4.79 Å². The van der Waals surface area contributed by atoms with Crippen LogP contribution in [0.1, 0.15) is 13.3 Å². The highest BCUT2D eigenvalue weighted by Crippen LogP contribution is 2.32. The summed E-state index contributed by atoms with van der Waals surface area (Å²) >= 11 is 0. The van der Waals surface area contributed by atoms with E-state index in [0.717, 1.165) is 17.9 Å². The quantitative estimate of drug-likeness (QED) is 0.841. The lowest BCUT2D eigenvalue weighted by Gasteiger charge is -2.24. The highest BCUT2D eigenvalue weighted by atomic mass is 16.5. The predicted octanol–water partition coefficient (Wildman–Crippen LogP) is 3.78. The highest BCUT2D eigenvalue weighted by molar-refractivity contribution is 5.75. The number of carboxylic acid groups (broad SMARTS) is 1. The van der Waals surface area contributed by atoms with Crippen LogP contribution in [0.2, 0.25) is 0 Å². The highest BCUT2D eigenvalue weighted by Gasteiger charge is 2.14. The minimum absolute atomic E-state index is 0.0387. The van der Waals surface area contributed by atoms with Gasteiger partial charge in [0.05, 0.1) is 5.69 Å². The maximum atomic E-state index is 11.0. The molecule has 21 heavy (non-hydrogen) atoms. The van der Waals surface area contributed by atoms with Crippen molar-refractivity contribution in [3.8, 4) is 11.5 Å². The van der Waals surface area contributed by atoms with Gasteiger partial charge >= 0.3 is 5.97 Å². The van der Waals surface area contributed by atoms with E-state index in [1.165, 1.54) is 0 Å². The first kappa shape index (κ1) is 14.9. The zero-order valence-electron chi connectivity index (χ0n) is 12.0. The van der Waals surface area contributed by atoms with Gasteiger partial charge in [0.15, 0.2) is 5.75 Å². The van der Waals surface area contributed by atoms with E-state index in [-0.39, 0.29) is 6.54 Å². The van der Waals surface area contributed by atoms with Crippen LogP contribution in [0.25, 0.3) is 0 Å². The summed E-state index contributed by atoms with van der Waals surface area (Å²) in [7, 11) is 0. The van der Waals surface area contributed by atoms with Crippen LogP contribution < -0.4 is 9.64 Å². The molecule has 2 aromatic carbocycles. The number of anilines is 1. The Hall–Kier alpha value is -2.49. The molecule has 0 radical (unpaired) electrons. The molecule has 4 heteroatoms. The Morgan fingerprint density at radius 3 is 2.43 bits per heavy atom. The van der Waals surface area contributed by atoms with Crippen LogP contribution in [-0.2, 0) is 4.79 Å². The van der Waals surface area contributed by atoms with Gasteiger partial charge in [-0.3, -0.25) is 4.79 Å². The Morgan fingerprint density at radius 2 is 1.76 bits per heavy atom. The van der Waals surface area contributed by atoms with Crippen LogP contribution in [0.4, 0.5) is 5.69 Å². The van der Waals surface area contributed by atoms with Gasteiger partial charge in [-0.15, -0.1) is 0 Å². The van der Waals surface area contributed by atoms with Crippen LogP contribution >= 0.6 is 0 Å². The monoisotopic (exact) mass is 285 g/mol. The molecule has 0 aromatic heterocycles. The standard InChI is InChI=1S/C17H19NO3/c1-2-12-18(13-17(19)20)15-10-6-7-11-16(15)21-14-8-4-3-5-9-14/h3-11H,2,12-13H2,1H3,(H,19,20). The molecular weight excluding hydrogens is 266 g/mol. The second-order valence-electron chi connectivity index (χ2n) is 4.70. The molecule has 2 rings (SSSR count). The Bertz CT molecular complexity index is 584. The first-order valence-corrected chi connectivity index (χ1v) is 6.99. The molecule has 110 valence electrons. The third kappa shape index (κ3) is 4.24. The number of hydrogen-bond acceptors (Lipinski definition) is 3. The molecule has 0 unspecified atom stereocenters. The van der Waals surface area contributed by atoms with Crippen molar-refractivity contribution in [1.29, 1.82) is 0 Å². The van der Waals surface area contributed by atoms with Crippen molar-refractivity contribution < 1.29 is 14.6 Å². The van der Waals surface area contributed by atoms with E-state index in [1.807, 2.05) is 66.4 Å². The normalized spacial score (nSPS) is 10.1. The molecule has 0 bridgehead atoms. The van der Waals surface area contributed by atoms with Crippen molar-refractivity contribution in [1.82, 2.24) is 0 Å². The third-order valence-corrected chi connectivity index (χ3v) is 3.00. The molecule has 0 saturated carbocycles. The number of rotatable bonds is 7. The van der Waals surface area contributed by atoms with E-state index < -0.39 is 5.97 Å². The van der Waals surface area contributed by atoms with Gasteiger partial charge in [-0.05, 0) is 30.7 Å². The molecule has 0 aliphatic rings. The summed E-state index contributed by atoms with van der Waals surface area (Å²) in [6.45, 7) is 2.65. The Kier molecular flexibility index (Phi) is 5.21. The van der Waals surface area contributed by atoms with Crippen molar-refractivity contribution in [3.05, 3.63) is 54.6 Å². The van der Waals surface area contributed by atoms with E-state index in [1.54, 1.807) is 0 Å². The molecule has 2 aromatic rings. The first-order valence-electron chi connectivity index (χ1n) is 6.99. The molecule has 0 spiro atoms. The van der Waals surface area contributed by atoms with Crippen LogP contribution in [0.3, 0.4) is 0 Å². The molecule has 0 aliphatic heterocycles. The largest absolute Gasteiger partial charge is 0.480 e. The van der Waals surface area contributed by atoms with E-state index >= 15 is 0 Å². The first-order chi connectivity index (χ1) is 10.2. The molecule has 0 heterocycles. The number of nitrogens with zero attached hydrogens (tertiary/aromatic N) is 1. The molecule has 0 aliphatic carbocycles. The van der Waals surface area contributed by atoms with Crippen molar-refractivity contribution in [2.24, 2.45) is 0 Å². The van der Waals surface area contributed by atoms with Gasteiger partial charge in [0.25, 0.3) is 0 Å². The fourth-order valence-corrected chi connectivity index (χ4v) is 2.14. The summed E-state index contributed by atoms with van der Waals surface area (Å²) < 4.78 is 5.88. The number of aliphatic carboxylic acids is 1. The van der Waals surface area contributed by atoms with Crippen LogP contribution in [0.15, 0.2) is 54.6 Å². The van der Waals surface area contributed by atoms with E-state index in [2.05, 4.69) is 0 Å². The topological polar surface area (TPSA) is 49.8 Å². The average Bonchev–Trinajstić information content (AvgIpc) is 2.48. The summed E-state index contributed by atoms with van der Waals surface area (Å²) in [6.07, 6.45) is 0.868. The van der Waals surface area contributed by atoms with Gasteiger partial charge in [-0.25, -0.2) is 0 Å². The molecule has 0 atom stereocenters. The predicted molar refractivity (Wildman–Crippen MR) is 83.1 cm³/mol. The second-order valence-corrected chi connectivity index (χ2v) is 4.70. The lowest BCUT2D eigenvalue weighted by Crippen LogP contribution is -2.30. The number of ether oxygens (including phenoxy) is 1. The number of hydrogen-bond donors (Lipinski definition) is 1. The van der Waals surface area contributed by atoms with Gasteiger partial charge in [-0.1, -0.05) is 37.3 Å². The van der Waals surface area contributed by atoms with Gasteiger partial charge < -0.3 is 14.7 Å². The van der Waals surface area contributed by atoms with Crippen LogP contribution in [0.5, 0.6) is 11.5 Å². The molecule has 0 amide bonds. The van der Waals surface area contributed by atoms with Gasteiger partial charge in [0.1, 0.15) is 12.3 Å². The summed E-state index contributed by atoms with van der Waals surface area (Å²) in [4.78, 5) is 12.9. The maximum absolute atomic E-state index is 11.0. The minimum Gasteiger partial charge on any atom is -0.480 e. The molecule has 4 nitrogen and oxygen atoms in total. The minimum atomic E-state index is -0.849. The van der Waals surface area contributed by atoms with Crippen molar-refractivity contribution in [2.75, 3.05) is 18.0 Å². The summed E-state index contributed by atoms with van der Waals surface area (Å²) in [5, 5.41) is 9.07. The number of benzene rings is 2. The third-order valence-electron chi connectivity index (χ3n) is 3.00. The second kappa shape index (κ2) is 7.33. The number of para-hydroxylation sites is 3. The molecule has 0 fully saturated rings. The SMILES string of the molecule is CCCN(CC(=O)O)c1ccccc1Oc1ccccc1.